The van der Waals surface area contributed by atoms with Gasteiger partial charge in [0, 0.05) is 30.1 Å². The van der Waals surface area contributed by atoms with Crippen LogP contribution in [-0.2, 0) is 32.6 Å². The standard InChI is InChI=1S/C33H33Cl2N3O5S/c1-3-43-29-16-14-28(15-17-29)38(44(41,42)30-18-12-26(34)13-19-30)23-32(39)37(22-25-10-7-11-27(35)20-25)31(33(40)36-2)21-24-8-5-4-6-9-24/h4-20,31H,3,21-23H2,1-2H3,(H,36,40)/t31-/m1/s1. The van der Waals surface area contributed by atoms with E-state index < -0.39 is 34.4 Å². The average molecular weight is 655 g/mol. The molecule has 4 aromatic rings. The fourth-order valence-electron chi connectivity index (χ4n) is 4.69. The Morgan fingerprint density at radius 1 is 0.841 bits per heavy atom. The van der Waals surface area contributed by atoms with E-state index in [1.54, 1.807) is 48.5 Å². The zero-order valence-electron chi connectivity index (χ0n) is 24.3. The van der Waals surface area contributed by atoms with Crippen molar-refractivity contribution >= 4 is 50.7 Å². The molecule has 0 saturated carbocycles. The molecule has 0 radical (unpaired) electrons. The molecule has 0 unspecified atom stereocenters. The second-order valence-corrected chi connectivity index (χ2v) is 12.6. The van der Waals surface area contributed by atoms with E-state index >= 15 is 0 Å². The number of carbonyl (C=O) groups excluding carboxylic acids is 2. The third-order valence-electron chi connectivity index (χ3n) is 6.88. The quantitative estimate of drug-likeness (QED) is 0.192. The van der Waals surface area contributed by atoms with Crippen molar-refractivity contribution in [1.82, 2.24) is 10.2 Å². The monoisotopic (exact) mass is 653 g/mol. The molecule has 1 atom stereocenters. The van der Waals surface area contributed by atoms with Crippen LogP contribution in [-0.4, -0.2) is 51.4 Å². The van der Waals surface area contributed by atoms with Gasteiger partial charge in [0.2, 0.25) is 11.8 Å². The van der Waals surface area contributed by atoms with Crippen LogP contribution in [0.4, 0.5) is 5.69 Å². The highest BCUT2D eigenvalue weighted by Crippen LogP contribution is 2.28. The van der Waals surface area contributed by atoms with Gasteiger partial charge in [-0.25, -0.2) is 8.42 Å². The minimum atomic E-state index is -4.25. The molecular weight excluding hydrogens is 621 g/mol. The number of amides is 2. The lowest BCUT2D eigenvalue weighted by Gasteiger charge is -2.33. The molecule has 0 aliphatic rings. The number of halogens is 2. The van der Waals surface area contributed by atoms with Crippen molar-refractivity contribution in [3.8, 4) is 5.75 Å². The van der Waals surface area contributed by atoms with Crippen molar-refractivity contribution < 1.29 is 22.7 Å². The van der Waals surface area contributed by atoms with Gasteiger partial charge in [-0.05, 0) is 78.7 Å². The Hall–Kier alpha value is -4.05. The van der Waals surface area contributed by atoms with Crippen LogP contribution in [0.5, 0.6) is 5.75 Å². The Bertz CT molecular complexity index is 1670. The molecular formula is C33H33Cl2N3O5S. The number of carbonyl (C=O) groups is 2. The number of likely N-dealkylation sites (N-methyl/N-ethyl adjacent to an activating group) is 1. The lowest BCUT2D eigenvalue weighted by Crippen LogP contribution is -2.53. The number of hydrogen-bond acceptors (Lipinski definition) is 5. The molecule has 0 aliphatic heterocycles. The summed E-state index contributed by atoms with van der Waals surface area (Å²) in [6.45, 7) is 1.71. The highest BCUT2D eigenvalue weighted by molar-refractivity contribution is 7.92. The van der Waals surface area contributed by atoms with Crippen LogP contribution in [0.25, 0.3) is 0 Å². The molecule has 0 aliphatic carbocycles. The van der Waals surface area contributed by atoms with E-state index in [2.05, 4.69) is 5.32 Å². The Kier molecular flexibility index (Phi) is 11.3. The first-order valence-electron chi connectivity index (χ1n) is 13.9. The Morgan fingerprint density at radius 2 is 1.50 bits per heavy atom. The van der Waals surface area contributed by atoms with Crippen molar-refractivity contribution in [2.24, 2.45) is 0 Å². The molecule has 11 heteroatoms. The fraction of sp³-hybridized carbons (Fsp3) is 0.212. The summed E-state index contributed by atoms with van der Waals surface area (Å²) in [5.41, 5.74) is 1.77. The molecule has 1 N–H and O–H groups in total. The lowest BCUT2D eigenvalue weighted by atomic mass is 10.0. The number of nitrogens with one attached hydrogen (secondary N) is 1. The fourth-order valence-corrected chi connectivity index (χ4v) is 6.44. The van der Waals surface area contributed by atoms with Gasteiger partial charge in [-0.3, -0.25) is 13.9 Å². The summed E-state index contributed by atoms with van der Waals surface area (Å²) < 4.78 is 34.7. The number of sulfonamides is 1. The second-order valence-electron chi connectivity index (χ2n) is 9.86. The molecule has 4 aromatic carbocycles. The predicted molar refractivity (Wildman–Crippen MR) is 174 cm³/mol. The largest absolute Gasteiger partial charge is 0.494 e. The predicted octanol–water partition coefficient (Wildman–Crippen LogP) is 5.97. The van der Waals surface area contributed by atoms with Crippen LogP contribution in [0.2, 0.25) is 10.0 Å². The van der Waals surface area contributed by atoms with Crippen LogP contribution >= 0.6 is 23.2 Å². The summed E-state index contributed by atoms with van der Waals surface area (Å²) in [5.74, 6) is -0.421. The van der Waals surface area contributed by atoms with E-state index in [0.29, 0.717) is 28.0 Å². The summed E-state index contributed by atoms with van der Waals surface area (Å²) >= 11 is 12.3. The maximum absolute atomic E-state index is 14.3. The summed E-state index contributed by atoms with van der Waals surface area (Å²) in [6, 6.07) is 27.5. The minimum Gasteiger partial charge on any atom is -0.494 e. The van der Waals surface area contributed by atoms with Gasteiger partial charge in [0.25, 0.3) is 10.0 Å². The third-order valence-corrected chi connectivity index (χ3v) is 9.15. The molecule has 0 heterocycles. The van der Waals surface area contributed by atoms with Crippen molar-refractivity contribution in [1.29, 1.82) is 0 Å². The molecule has 0 saturated heterocycles. The number of benzene rings is 4. The molecule has 0 aromatic heterocycles. The van der Waals surface area contributed by atoms with E-state index in [-0.39, 0.29) is 23.5 Å². The van der Waals surface area contributed by atoms with Gasteiger partial charge in [-0.15, -0.1) is 0 Å². The first-order valence-corrected chi connectivity index (χ1v) is 16.1. The summed E-state index contributed by atoms with van der Waals surface area (Å²) in [5, 5.41) is 3.50. The van der Waals surface area contributed by atoms with Gasteiger partial charge in [-0.2, -0.15) is 0 Å². The van der Waals surface area contributed by atoms with Gasteiger partial charge >= 0.3 is 0 Å². The molecule has 0 fully saturated rings. The third kappa shape index (κ3) is 8.31. The van der Waals surface area contributed by atoms with E-state index in [0.717, 1.165) is 9.87 Å². The van der Waals surface area contributed by atoms with Gasteiger partial charge in [-0.1, -0.05) is 65.7 Å². The molecule has 4 rings (SSSR count). The highest BCUT2D eigenvalue weighted by Gasteiger charge is 2.34. The van der Waals surface area contributed by atoms with Crippen LogP contribution in [0.3, 0.4) is 0 Å². The summed E-state index contributed by atoms with van der Waals surface area (Å²) in [4.78, 5) is 29.0. The summed E-state index contributed by atoms with van der Waals surface area (Å²) in [6.07, 6.45) is 0.208. The maximum Gasteiger partial charge on any atom is 0.264 e. The smallest absolute Gasteiger partial charge is 0.264 e. The Morgan fingerprint density at radius 3 is 2.11 bits per heavy atom. The SMILES string of the molecule is CCOc1ccc(N(CC(=O)N(Cc2cccc(Cl)c2)[C@H](Cc2ccccc2)C(=O)NC)S(=O)(=O)c2ccc(Cl)cc2)cc1. The number of ether oxygens (including phenoxy) is 1. The van der Waals surface area contributed by atoms with E-state index in [1.165, 1.54) is 36.2 Å². The van der Waals surface area contributed by atoms with Crippen molar-refractivity contribution in [2.45, 2.75) is 30.8 Å². The van der Waals surface area contributed by atoms with Gasteiger partial charge < -0.3 is 15.0 Å². The zero-order chi connectivity index (χ0) is 31.7. The second kappa shape index (κ2) is 15.1. The lowest BCUT2D eigenvalue weighted by molar-refractivity contribution is -0.139. The van der Waals surface area contributed by atoms with Crippen molar-refractivity contribution in [2.75, 3.05) is 24.5 Å². The molecule has 2 amide bonds. The molecule has 8 nitrogen and oxygen atoms in total. The Labute approximate surface area is 268 Å². The van der Waals surface area contributed by atoms with Crippen molar-refractivity contribution in [3.05, 3.63) is 124 Å². The first kappa shape index (κ1) is 32.9. The van der Waals surface area contributed by atoms with E-state index in [4.69, 9.17) is 27.9 Å². The first-order chi connectivity index (χ1) is 21.1. The number of anilines is 1. The minimum absolute atomic E-state index is 0.0163. The van der Waals surface area contributed by atoms with Crippen LogP contribution < -0.4 is 14.4 Å². The van der Waals surface area contributed by atoms with Crippen molar-refractivity contribution in [3.63, 3.8) is 0 Å². The zero-order valence-corrected chi connectivity index (χ0v) is 26.6. The highest BCUT2D eigenvalue weighted by atomic mass is 35.5. The van der Waals surface area contributed by atoms with E-state index in [1.807, 2.05) is 37.3 Å². The molecule has 44 heavy (non-hydrogen) atoms. The van der Waals surface area contributed by atoms with E-state index in [9.17, 15) is 18.0 Å². The molecule has 230 valence electrons. The average Bonchev–Trinajstić information content (AvgIpc) is 3.02. The maximum atomic E-state index is 14.3. The van der Waals surface area contributed by atoms with Crippen LogP contribution in [0, 0.1) is 0 Å². The normalized spacial score (nSPS) is 11.8. The Balaban J connectivity index is 1.78. The molecule has 0 spiro atoms. The van der Waals surface area contributed by atoms with Gasteiger partial charge in [0.15, 0.2) is 0 Å². The van der Waals surface area contributed by atoms with Gasteiger partial charge in [0.05, 0.1) is 17.2 Å². The van der Waals surface area contributed by atoms with Crippen LogP contribution in [0.1, 0.15) is 18.1 Å². The number of rotatable bonds is 13. The number of hydrogen-bond donors (Lipinski definition) is 1. The molecule has 0 bridgehead atoms. The van der Waals surface area contributed by atoms with Gasteiger partial charge in [0.1, 0.15) is 18.3 Å². The number of nitrogens with zero attached hydrogens (tertiary/aromatic N) is 2. The van der Waals surface area contributed by atoms with Crippen LogP contribution in [0.15, 0.2) is 108 Å². The summed E-state index contributed by atoms with van der Waals surface area (Å²) in [7, 11) is -2.75. The topological polar surface area (TPSA) is 96.0 Å².